The summed E-state index contributed by atoms with van der Waals surface area (Å²) in [5.74, 6) is 0.689. The molecule has 1 atom stereocenters. The Morgan fingerprint density at radius 1 is 1.27 bits per heavy atom. The van der Waals surface area contributed by atoms with E-state index in [-0.39, 0.29) is 17.6 Å². The monoisotopic (exact) mass is 356 g/mol. The first-order valence-electron chi connectivity index (χ1n) is 8.71. The van der Waals surface area contributed by atoms with Crippen molar-refractivity contribution in [3.63, 3.8) is 0 Å². The predicted octanol–water partition coefficient (Wildman–Crippen LogP) is 2.81. The summed E-state index contributed by atoms with van der Waals surface area (Å²) in [6.07, 6.45) is 5.63. The second kappa shape index (κ2) is 6.84. The highest BCUT2D eigenvalue weighted by Gasteiger charge is 2.31. The van der Waals surface area contributed by atoms with Crippen LogP contribution in [0.3, 0.4) is 0 Å². The van der Waals surface area contributed by atoms with Crippen LogP contribution in [0.5, 0.6) is 0 Å². The van der Waals surface area contributed by atoms with Crippen LogP contribution in [0.1, 0.15) is 23.3 Å². The van der Waals surface area contributed by atoms with Crippen molar-refractivity contribution in [1.82, 2.24) is 15.1 Å². The fourth-order valence-electron chi connectivity index (χ4n) is 3.44. The maximum Gasteiger partial charge on any atom is 0.270 e. The van der Waals surface area contributed by atoms with Crippen LogP contribution < -0.4 is 10.6 Å². The highest BCUT2D eigenvalue weighted by molar-refractivity contribution is 5.92. The molecule has 1 fully saturated rings. The number of nitrogens with zero attached hydrogens (tertiary/aromatic N) is 3. The number of rotatable bonds is 3. The highest BCUT2D eigenvalue weighted by atomic mass is 19.1. The van der Waals surface area contributed by atoms with Crippen LogP contribution >= 0.6 is 0 Å². The molecular weight excluding hydrogens is 335 g/mol. The number of carbonyl (C=O) groups is 1. The third-order valence-corrected chi connectivity index (χ3v) is 4.90. The number of amides is 1. The number of benzene rings is 1. The van der Waals surface area contributed by atoms with Gasteiger partial charge in [0.05, 0.1) is 11.9 Å². The number of aryl methyl sites for hydroxylation is 1. The lowest BCUT2D eigenvalue weighted by molar-refractivity contribution is 0.0570. The quantitative estimate of drug-likeness (QED) is 0.919. The lowest BCUT2D eigenvalue weighted by Crippen LogP contribution is -2.41. The van der Waals surface area contributed by atoms with Gasteiger partial charge in [0.25, 0.3) is 5.91 Å². The van der Waals surface area contributed by atoms with Gasteiger partial charge < -0.3 is 14.3 Å². The zero-order valence-corrected chi connectivity index (χ0v) is 14.6. The van der Waals surface area contributed by atoms with Gasteiger partial charge in [-0.25, -0.2) is 9.40 Å². The molecular formula is C19H21FN4O2. The van der Waals surface area contributed by atoms with Gasteiger partial charge in [-0.2, -0.15) is 0 Å². The Morgan fingerprint density at radius 2 is 2.08 bits per heavy atom. The average Bonchev–Trinajstić information content (AvgIpc) is 3.31. The summed E-state index contributed by atoms with van der Waals surface area (Å²) in [6, 6.07) is 9.89. The lowest BCUT2D eigenvalue weighted by atomic mass is 9.96. The summed E-state index contributed by atoms with van der Waals surface area (Å²) in [5, 5.41) is 1.72. The first kappa shape index (κ1) is 16.7. The van der Waals surface area contributed by atoms with E-state index in [1.165, 1.54) is 12.1 Å². The third-order valence-electron chi connectivity index (χ3n) is 4.90. The van der Waals surface area contributed by atoms with E-state index in [2.05, 4.69) is 5.59 Å². The molecule has 7 heteroatoms. The number of halogens is 1. The van der Waals surface area contributed by atoms with Crippen molar-refractivity contribution in [3.05, 3.63) is 66.1 Å². The molecule has 1 aromatic heterocycles. The van der Waals surface area contributed by atoms with Crippen LogP contribution in [-0.2, 0) is 11.9 Å². The van der Waals surface area contributed by atoms with E-state index < -0.39 is 0 Å². The lowest BCUT2D eigenvalue weighted by Gasteiger charge is -2.32. The summed E-state index contributed by atoms with van der Waals surface area (Å²) in [5.41, 5.74) is 4.31. The molecule has 0 radical (unpaired) electrons. The maximum absolute atomic E-state index is 13.1. The Kier molecular flexibility index (Phi) is 4.38. The van der Waals surface area contributed by atoms with Gasteiger partial charge >= 0.3 is 0 Å². The molecule has 0 spiro atoms. The Morgan fingerprint density at radius 3 is 2.81 bits per heavy atom. The minimum atomic E-state index is -0.278. The van der Waals surface area contributed by atoms with E-state index >= 15 is 0 Å². The minimum Gasteiger partial charge on any atom is -0.391 e. The first-order chi connectivity index (χ1) is 12.6. The molecule has 1 saturated heterocycles. The van der Waals surface area contributed by atoms with Crippen LogP contribution in [0, 0.1) is 11.7 Å². The van der Waals surface area contributed by atoms with E-state index in [0.717, 1.165) is 30.8 Å². The largest absolute Gasteiger partial charge is 0.391 e. The fourth-order valence-corrected chi connectivity index (χ4v) is 3.44. The number of hydrazine groups is 1. The molecule has 1 aromatic carbocycles. The normalized spacial score (nSPS) is 20.1. The number of hydrogen-bond donors (Lipinski definition) is 1. The standard InChI is InChI=1S/C19H21FN4O2/c1-22-10-3-5-17(22)19(25)23-11-2-4-14(12-23)18-13-24(21-26-18)16-8-6-15(20)7-9-16/h3,5-10,13-14,21H,2,4,11-12H2,1H3. The number of likely N-dealkylation sites (tertiary alicyclic amines) is 1. The second-order valence-electron chi connectivity index (χ2n) is 6.67. The Hall–Kier alpha value is -2.80. The average molecular weight is 356 g/mol. The van der Waals surface area contributed by atoms with Gasteiger partial charge in [-0.05, 0) is 49.2 Å². The maximum atomic E-state index is 13.1. The van der Waals surface area contributed by atoms with E-state index in [0.29, 0.717) is 12.2 Å². The zero-order valence-electron chi connectivity index (χ0n) is 14.6. The van der Waals surface area contributed by atoms with Crippen molar-refractivity contribution < 1.29 is 14.0 Å². The number of carbonyl (C=O) groups excluding carboxylic acids is 1. The molecule has 1 N–H and O–H groups in total. The molecule has 0 saturated carbocycles. The molecule has 2 aromatic rings. The Balaban J connectivity index is 1.46. The molecule has 0 aliphatic carbocycles. The van der Waals surface area contributed by atoms with E-state index in [4.69, 9.17) is 4.84 Å². The molecule has 1 amide bonds. The Labute approximate surface area is 151 Å². The SMILES string of the molecule is Cn1cccc1C(=O)N1CCCC(C2=CN(c3ccc(F)cc3)NO2)C1. The van der Waals surface area contributed by atoms with Crippen molar-refractivity contribution >= 4 is 11.6 Å². The zero-order chi connectivity index (χ0) is 18.1. The summed E-state index contributed by atoms with van der Waals surface area (Å²) >= 11 is 0. The molecule has 1 unspecified atom stereocenters. The fraction of sp³-hybridized carbons (Fsp3) is 0.316. The number of hydrogen-bond acceptors (Lipinski definition) is 4. The number of aromatic nitrogens is 1. The van der Waals surface area contributed by atoms with Crippen LogP contribution in [-0.4, -0.2) is 28.5 Å². The molecule has 0 bridgehead atoms. The summed E-state index contributed by atoms with van der Waals surface area (Å²) < 4.78 is 14.9. The van der Waals surface area contributed by atoms with Crippen molar-refractivity contribution in [2.75, 3.05) is 18.1 Å². The van der Waals surface area contributed by atoms with Gasteiger partial charge in [-0.15, -0.1) is 0 Å². The number of piperidine rings is 1. The molecule has 26 heavy (non-hydrogen) atoms. The highest BCUT2D eigenvalue weighted by Crippen LogP contribution is 2.29. The van der Waals surface area contributed by atoms with Crippen molar-refractivity contribution in [2.45, 2.75) is 12.8 Å². The van der Waals surface area contributed by atoms with E-state index in [9.17, 15) is 9.18 Å². The van der Waals surface area contributed by atoms with Gasteiger partial charge in [0.1, 0.15) is 17.3 Å². The Bertz CT molecular complexity index is 830. The van der Waals surface area contributed by atoms with E-state index in [1.54, 1.807) is 17.1 Å². The number of anilines is 1. The predicted molar refractivity (Wildman–Crippen MR) is 95.2 cm³/mol. The summed E-state index contributed by atoms with van der Waals surface area (Å²) in [6.45, 7) is 1.37. The van der Waals surface area contributed by atoms with Crippen LogP contribution in [0.4, 0.5) is 10.1 Å². The van der Waals surface area contributed by atoms with Gasteiger partial charge in [0, 0.05) is 32.3 Å². The van der Waals surface area contributed by atoms with Gasteiger partial charge in [-0.3, -0.25) is 4.79 Å². The van der Waals surface area contributed by atoms with Gasteiger partial charge in [0.15, 0.2) is 0 Å². The van der Waals surface area contributed by atoms with E-state index in [1.807, 2.05) is 41.0 Å². The van der Waals surface area contributed by atoms with Crippen molar-refractivity contribution in [1.29, 1.82) is 0 Å². The summed E-state index contributed by atoms with van der Waals surface area (Å²) in [4.78, 5) is 20.3. The molecule has 4 rings (SSSR count). The van der Waals surface area contributed by atoms with Gasteiger partial charge in [-0.1, -0.05) is 5.59 Å². The van der Waals surface area contributed by atoms with Crippen molar-refractivity contribution in [2.24, 2.45) is 13.0 Å². The van der Waals surface area contributed by atoms with Gasteiger partial charge in [0.2, 0.25) is 0 Å². The molecule has 2 aliphatic rings. The first-order valence-corrected chi connectivity index (χ1v) is 8.71. The second-order valence-corrected chi connectivity index (χ2v) is 6.67. The van der Waals surface area contributed by atoms with Crippen LogP contribution in [0.2, 0.25) is 0 Å². The summed E-state index contributed by atoms with van der Waals surface area (Å²) in [7, 11) is 1.88. The van der Waals surface area contributed by atoms with Crippen LogP contribution in [0.15, 0.2) is 54.6 Å². The van der Waals surface area contributed by atoms with Crippen molar-refractivity contribution in [3.8, 4) is 0 Å². The number of nitrogens with one attached hydrogen (secondary N) is 1. The molecule has 136 valence electrons. The van der Waals surface area contributed by atoms with Crippen LogP contribution in [0.25, 0.3) is 0 Å². The topological polar surface area (TPSA) is 49.7 Å². The molecule has 6 nitrogen and oxygen atoms in total. The molecule has 3 heterocycles. The smallest absolute Gasteiger partial charge is 0.270 e. The molecule has 2 aliphatic heterocycles. The minimum absolute atomic E-state index is 0.0455. The third kappa shape index (κ3) is 3.17.